The van der Waals surface area contributed by atoms with Crippen molar-refractivity contribution in [1.82, 2.24) is 19.5 Å². The van der Waals surface area contributed by atoms with Crippen molar-refractivity contribution in [3.63, 3.8) is 0 Å². The zero-order valence-electron chi connectivity index (χ0n) is 18.7. The van der Waals surface area contributed by atoms with E-state index < -0.39 is 22.0 Å². The molecule has 1 unspecified atom stereocenters. The van der Waals surface area contributed by atoms with Gasteiger partial charge in [-0.1, -0.05) is 43.7 Å². The number of rotatable bonds is 9. The van der Waals surface area contributed by atoms with Crippen molar-refractivity contribution in [1.29, 1.82) is 0 Å². The van der Waals surface area contributed by atoms with Gasteiger partial charge in [0.2, 0.25) is 15.9 Å². The summed E-state index contributed by atoms with van der Waals surface area (Å²) in [6.45, 7) is 8.48. The van der Waals surface area contributed by atoms with Crippen molar-refractivity contribution < 1.29 is 13.2 Å². The van der Waals surface area contributed by atoms with Gasteiger partial charge in [0, 0.05) is 17.8 Å². The molecule has 0 saturated carbocycles. The SMILES string of the molecule is CCn1cnnc1-c1cccc(NC(=O)C(CC(C)C)NS(=O)(=O)c2ccc(C)cc2)c1. The van der Waals surface area contributed by atoms with Crippen LogP contribution in [0.1, 0.15) is 32.8 Å². The molecule has 0 aliphatic heterocycles. The monoisotopic (exact) mass is 455 g/mol. The number of carbonyl (C=O) groups is 1. The number of benzene rings is 2. The van der Waals surface area contributed by atoms with Gasteiger partial charge in [-0.25, -0.2) is 8.42 Å². The van der Waals surface area contributed by atoms with Crippen LogP contribution in [0.25, 0.3) is 11.4 Å². The number of aromatic nitrogens is 3. The molecule has 8 nitrogen and oxygen atoms in total. The summed E-state index contributed by atoms with van der Waals surface area (Å²) in [7, 11) is -3.84. The highest BCUT2D eigenvalue weighted by Crippen LogP contribution is 2.21. The maximum Gasteiger partial charge on any atom is 0.242 e. The smallest absolute Gasteiger partial charge is 0.242 e. The molecule has 2 aromatic carbocycles. The molecule has 0 bridgehead atoms. The lowest BCUT2D eigenvalue weighted by Gasteiger charge is -2.20. The van der Waals surface area contributed by atoms with Crippen LogP contribution in [0.4, 0.5) is 5.69 Å². The topological polar surface area (TPSA) is 106 Å². The van der Waals surface area contributed by atoms with Crippen LogP contribution in [0.5, 0.6) is 0 Å². The minimum atomic E-state index is -3.84. The first-order valence-corrected chi connectivity index (χ1v) is 12.1. The highest BCUT2D eigenvalue weighted by molar-refractivity contribution is 7.89. The fraction of sp³-hybridized carbons (Fsp3) is 0.348. The third kappa shape index (κ3) is 5.80. The Balaban J connectivity index is 1.81. The number of carbonyl (C=O) groups excluding carboxylic acids is 1. The van der Waals surface area contributed by atoms with Gasteiger partial charge in [-0.2, -0.15) is 4.72 Å². The summed E-state index contributed by atoms with van der Waals surface area (Å²) >= 11 is 0. The van der Waals surface area contributed by atoms with Crippen LogP contribution in [0.15, 0.2) is 59.8 Å². The Labute approximate surface area is 189 Å². The Bertz CT molecular complexity index is 1170. The molecule has 0 aliphatic carbocycles. The highest BCUT2D eigenvalue weighted by Gasteiger charge is 2.26. The lowest BCUT2D eigenvalue weighted by atomic mass is 10.0. The zero-order chi connectivity index (χ0) is 23.3. The third-order valence-electron chi connectivity index (χ3n) is 5.00. The van der Waals surface area contributed by atoms with Gasteiger partial charge in [0.1, 0.15) is 12.4 Å². The Kier molecular flexibility index (Phi) is 7.42. The van der Waals surface area contributed by atoms with E-state index in [2.05, 4.69) is 20.2 Å². The molecule has 0 radical (unpaired) electrons. The standard InChI is InChI=1S/C23H29N5O3S/c1-5-28-15-24-26-22(28)18-7-6-8-19(14-18)25-23(29)21(13-16(2)3)27-32(30,31)20-11-9-17(4)10-12-20/h6-12,14-16,21,27H,5,13H2,1-4H3,(H,25,29). The molecule has 170 valence electrons. The summed E-state index contributed by atoms with van der Waals surface area (Å²) in [6, 6.07) is 12.9. The molecule has 0 aliphatic rings. The number of nitrogens with one attached hydrogen (secondary N) is 2. The van der Waals surface area contributed by atoms with E-state index in [9.17, 15) is 13.2 Å². The van der Waals surface area contributed by atoms with E-state index in [1.165, 1.54) is 12.1 Å². The molecule has 32 heavy (non-hydrogen) atoms. The van der Waals surface area contributed by atoms with Crippen LogP contribution < -0.4 is 10.0 Å². The molecule has 3 aromatic rings. The van der Waals surface area contributed by atoms with E-state index in [1.807, 2.05) is 44.4 Å². The summed E-state index contributed by atoms with van der Waals surface area (Å²) in [6.07, 6.45) is 2.01. The largest absolute Gasteiger partial charge is 0.325 e. The minimum absolute atomic E-state index is 0.112. The van der Waals surface area contributed by atoms with Gasteiger partial charge in [-0.3, -0.25) is 4.79 Å². The second-order valence-corrected chi connectivity index (χ2v) is 9.84. The molecule has 0 fully saturated rings. The molecule has 9 heteroatoms. The molecule has 1 amide bonds. The summed E-state index contributed by atoms with van der Waals surface area (Å²) < 4.78 is 30.2. The number of aryl methyl sites for hydroxylation is 2. The van der Waals surface area contributed by atoms with Gasteiger partial charge in [0.25, 0.3) is 0 Å². The van der Waals surface area contributed by atoms with Crippen LogP contribution in [0, 0.1) is 12.8 Å². The average molecular weight is 456 g/mol. The second kappa shape index (κ2) is 10.1. The number of amides is 1. The van der Waals surface area contributed by atoms with E-state index in [-0.39, 0.29) is 10.8 Å². The molecular formula is C23H29N5O3S. The van der Waals surface area contributed by atoms with Crippen molar-refractivity contribution in [2.45, 2.75) is 51.6 Å². The van der Waals surface area contributed by atoms with Gasteiger partial charge in [-0.15, -0.1) is 10.2 Å². The molecule has 0 spiro atoms. The Hall–Kier alpha value is -3.04. The normalized spacial score (nSPS) is 12.7. The minimum Gasteiger partial charge on any atom is -0.325 e. The van der Waals surface area contributed by atoms with Crippen LogP contribution in [0.3, 0.4) is 0 Å². The van der Waals surface area contributed by atoms with Crippen LogP contribution in [0.2, 0.25) is 0 Å². The summed E-state index contributed by atoms with van der Waals surface area (Å²) in [4.78, 5) is 13.2. The first kappa shape index (κ1) is 23.6. The quantitative estimate of drug-likeness (QED) is 0.513. The van der Waals surface area contributed by atoms with Crippen molar-refractivity contribution >= 4 is 21.6 Å². The number of hydrogen-bond acceptors (Lipinski definition) is 5. The molecular weight excluding hydrogens is 426 g/mol. The fourth-order valence-electron chi connectivity index (χ4n) is 3.33. The highest BCUT2D eigenvalue weighted by atomic mass is 32.2. The van der Waals surface area contributed by atoms with Gasteiger partial charge >= 0.3 is 0 Å². The lowest BCUT2D eigenvalue weighted by molar-refractivity contribution is -0.118. The number of sulfonamides is 1. The van der Waals surface area contributed by atoms with Crippen molar-refractivity contribution in [2.24, 2.45) is 5.92 Å². The number of nitrogens with zero attached hydrogens (tertiary/aromatic N) is 3. The predicted molar refractivity (Wildman–Crippen MR) is 125 cm³/mol. The third-order valence-corrected chi connectivity index (χ3v) is 6.48. The fourth-order valence-corrected chi connectivity index (χ4v) is 4.54. The Morgan fingerprint density at radius 3 is 2.50 bits per heavy atom. The number of hydrogen-bond donors (Lipinski definition) is 2. The predicted octanol–water partition coefficient (Wildman–Crippen LogP) is 3.61. The molecule has 0 saturated heterocycles. The maximum absolute atomic E-state index is 13.1. The Morgan fingerprint density at radius 1 is 1.12 bits per heavy atom. The van der Waals surface area contributed by atoms with Crippen molar-refractivity contribution in [3.05, 3.63) is 60.4 Å². The molecule has 1 aromatic heterocycles. The Morgan fingerprint density at radius 2 is 1.84 bits per heavy atom. The summed E-state index contributed by atoms with van der Waals surface area (Å²) in [5, 5.41) is 10.9. The van der Waals surface area contributed by atoms with Gasteiger partial charge < -0.3 is 9.88 Å². The first-order valence-electron chi connectivity index (χ1n) is 10.6. The van der Waals surface area contributed by atoms with Gasteiger partial charge in [0.05, 0.1) is 4.90 Å². The van der Waals surface area contributed by atoms with Crippen molar-refractivity contribution in [2.75, 3.05) is 5.32 Å². The maximum atomic E-state index is 13.1. The van der Waals surface area contributed by atoms with E-state index >= 15 is 0 Å². The summed E-state index contributed by atoms with van der Waals surface area (Å²) in [5.74, 6) is 0.395. The average Bonchev–Trinajstić information content (AvgIpc) is 3.22. The van der Waals surface area contributed by atoms with E-state index in [0.717, 1.165) is 17.7 Å². The lowest BCUT2D eigenvalue weighted by Crippen LogP contribution is -2.44. The van der Waals surface area contributed by atoms with E-state index in [4.69, 9.17) is 0 Å². The zero-order valence-corrected chi connectivity index (χ0v) is 19.6. The van der Waals surface area contributed by atoms with Crippen molar-refractivity contribution in [3.8, 4) is 11.4 Å². The molecule has 1 atom stereocenters. The van der Waals surface area contributed by atoms with E-state index in [0.29, 0.717) is 17.9 Å². The molecule has 2 N–H and O–H groups in total. The van der Waals surface area contributed by atoms with Gasteiger partial charge in [0.15, 0.2) is 5.82 Å². The van der Waals surface area contributed by atoms with Crippen LogP contribution in [-0.2, 0) is 21.4 Å². The molecule has 1 heterocycles. The molecule has 3 rings (SSSR count). The van der Waals surface area contributed by atoms with E-state index in [1.54, 1.807) is 30.6 Å². The van der Waals surface area contributed by atoms with Crippen LogP contribution in [-0.4, -0.2) is 35.1 Å². The first-order chi connectivity index (χ1) is 15.2. The van der Waals surface area contributed by atoms with Gasteiger partial charge in [-0.05, 0) is 50.5 Å². The van der Waals surface area contributed by atoms with Crippen LogP contribution >= 0.6 is 0 Å². The number of anilines is 1. The summed E-state index contributed by atoms with van der Waals surface area (Å²) in [5.41, 5.74) is 2.32. The second-order valence-electron chi connectivity index (χ2n) is 8.13.